The summed E-state index contributed by atoms with van der Waals surface area (Å²) in [5.74, 6) is -0.997. The molecule has 0 atom stereocenters. The topological polar surface area (TPSA) is 139 Å². The zero-order chi connectivity index (χ0) is 35.9. The molecule has 2 aromatic carbocycles. The fourth-order valence-corrected chi connectivity index (χ4v) is 7.50. The summed E-state index contributed by atoms with van der Waals surface area (Å²) in [7, 11) is 0. The number of halogens is 2. The Morgan fingerprint density at radius 3 is 2.62 bits per heavy atom. The normalized spacial score (nSPS) is 18.2. The molecule has 2 aliphatic rings. The van der Waals surface area contributed by atoms with Gasteiger partial charge in [0.1, 0.15) is 23.0 Å². The number of carbonyl (C=O) groups is 1. The van der Waals surface area contributed by atoms with Gasteiger partial charge in [0.25, 0.3) is 5.56 Å². The monoisotopic (exact) mass is 706 g/mol. The van der Waals surface area contributed by atoms with Crippen LogP contribution in [0.3, 0.4) is 0 Å². The third-order valence-electron chi connectivity index (χ3n) is 10.0. The number of benzene rings is 2. The Kier molecular flexibility index (Phi) is 8.85. The number of pyridine rings is 2. The Morgan fingerprint density at radius 1 is 0.942 bits per heavy atom. The standard InChI is InChI=1S/C38H36F2N8O4/c39-25-4-11-34-44-28(21-46(34)20-25)18-42-27-5-7-29(8-6-27)48-37(51)33-16-26(40)17-43-36(33)47(38(48)52)30-3-1-2-23(14-30)32-10-9-31(49)15-24(32)19-45-13-12-41-35(50)22-45/h1-4,9-11,14-17,20-21,27,29,42,49H,5-8,12-13,18-19,22H2,(H,41,50)/t27-,29+. The number of amides is 1. The number of hydrogen-bond donors (Lipinski definition) is 3. The largest absolute Gasteiger partial charge is 0.508 e. The number of phenolic OH excluding ortho intramolecular Hbond substituents is 1. The second kappa shape index (κ2) is 13.8. The van der Waals surface area contributed by atoms with Crippen molar-refractivity contribution in [2.75, 3.05) is 19.6 Å². The molecule has 5 heterocycles. The number of nitrogens with zero attached hydrogens (tertiary/aromatic N) is 6. The van der Waals surface area contributed by atoms with E-state index in [1.807, 2.05) is 17.0 Å². The summed E-state index contributed by atoms with van der Waals surface area (Å²) in [5.41, 5.74) is 3.13. The highest BCUT2D eigenvalue weighted by atomic mass is 19.1. The van der Waals surface area contributed by atoms with E-state index in [1.165, 1.54) is 21.4 Å². The molecule has 52 heavy (non-hydrogen) atoms. The molecule has 0 spiro atoms. The van der Waals surface area contributed by atoms with Crippen LogP contribution < -0.4 is 21.9 Å². The number of aromatic hydroxyl groups is 1. The lowest BCUT2D eigenvalue weighted by atomic mass is 9.91. The van der Waals surface area contributed by atoms with Crippen molar-refractivity contribution in [3.8, 4) is 22.6 Å². The van der Waals surface area contributed by atoms with Crippen molar-refractivity contribution >= 4 is 22.6 Å². The smallest absolute Gasteiger partial charge is 0.337 e. The molecule has 1 saturated carbocycles. The molecule has 3 N–H and O–H groups in total. The maximum Gasteiger partial charge on any atom is 0.337 e. The van der Waals surface area contributed by atoms with Gasteiger partial charge in [0, 0.05) is 50.7 Å². The molecule has 266 valence electrons. The fourth-order valence-electron chi connectivity index (χ4n) is 7.50. The van der Waals surface area contributed by atoms with Gasteiger partial charge in [0.05, 0.1) is 29.5 Å². The number of carbonyl (C=O) groups excluding carboxylic acids is 1. The molecule has 6 aromatic rings. The van der Waals surface area contributed by atoms with E-state index in [9.17, 15) is 28.3 Å². The number of imidazole rings is 1. The summed E-state index contributed by atoms with van der Waals surface area (Å²) < 4.78 is 32.5. The van der Waals surface area contributed by atoms with Crippen LogP contribution in [-0.4, -0.2) is 65.1 Å². The van der Waals surface area contributed by atoms with Crippen LogP contribution in [0.15, 0.2) is 88.8 Å². The number of piperazine rings is 1. The lowest BCUT2D eigenvalue weighted by molar-refractivity contribution is -0.124. The van der Waals surface area contributed by atoms with Crippen molar-refractivity contribution in [3.05, 3.63) is 123 Å². The van der Waals surface area contributed by atoms with Crippen LogP contribution in [0.2, 0.25) is 0 Å². The van der Waals surface area contributed by atoms with Gasteiger partial charge in [0.2, 0.25) is 5.91 Å². The molecule has 8 rings (SSSR count). The molecular formula is C38H36F2N8O4. The highest BCUT2D eigenvalue weighted by Crippen LogP contribution is 2.31. The molecular weight excluding hydrogens is 670 g/mol. The third kappa shape index (κ3) is 6.58. The summed E-state index contributed by atoms with van der Waals surface area (Å²) >= 11 is 0. The predicted octanol–water partition coefficient (Wildman–Crippen LogP) is 4.05. The molecule has 1 amide bonds. The second-order valence-corrected chi connectivity index (χ2v) is 13.5. The van der Waals surface area contributed by atoms with Gasteiger partial charge in [-0.3, -0.25) is 19.1 Å². The van der Waals surface area contributed by atoms with Gasteiger partial charge in [-0.1, -0.05) is 18.2 Å². The Labute approximate surface area is 296 Å². The SMILES string of the molecule is O=C1CN(Cc2cc(O)ccc2-c2cccc(-n3c(=O)n([C@H]4CC[C@@H](NCc5cn6cc(F)ccc6n5)CC4)c(=O)c4cc(F)cnc43)c2)CCN1. The predicted molar refractivity (Wildman–Crippen MR) is 190 cm³/mol. The van der Waals surface area contributed by atoms with E-state index in [0.29, 0.717) is 63.2 Å². The van der Waals surface area contributed by atoms with Gasteiger partial charge in [-0.2, -0.15) is 0 Å². The van der Waals surface area contributed by atoms with Crippen LogP contribution in [0.5, 0.6) is 5.75 Å². The quantitative estimate of drug-likeness (QED) is 0.216. The van der Waals surface area contributed by atoms with E-state index >= 15 is 0 Å². The highest BCUT2D eigenvalue weighted by Gasteiger charge is 2.28. The lowest BCUT2D eigenvalue weighted by Crippen LogP contribution is -2.47. The molecule has 2 fully saturated rings. The molecule has 0 bridgehead atoms. The van der Waals surface area contributed by atoms with E-state index in [0.717, 1.165) is 34.6 Å². The molecule has 1 saturated heterocycles. The van der Waals surface area contributed by atoms with E-state index < -0.39 is 23.1 Å². The van der Waals surface area contributed by atoms with Crippen molar-refractivity contribution in [1.29, 1.82) is 0 Å². The Morgan fingerprint density at radius 2 is 1.79 bits per heavy atom. The average Bonchev–Trinajstić information content (AvgIpc) is 3.54. The molecule has 1 aliphatic carbocycles. The second-order valence-electron chi connectivity index (χ2n) is 13.5. The Balaban J connectivity index is 1.09. The maximum absolute atomic E-state index is 14.6. The number of rotatable bonds is 8. The van der Waals surface area contributed by atoms with Crippen LogP contribution in [0, 0.1) is 11.6 Å². The van der Waals surface area contributed by atoms with Crippen LogP contribution in [-0.2, 0) is 17.9 Å². The van der Waals surface area contributed by atoms with Crippen LogP contribution in [0.4, 0.5) is 8.78 Å². The van der Waals surface area contributed by atoms with Gasteiger partial charge >= 0.3 is 5.69 Å². The molecule has 14 heteroatoms. The zero-order valence-corrected chi connectivity index (χ0v) is 28.1. The molecule has 0 unspecified atom stereocenters. The van der Waals surface area contributed by atoms with Crippen LogP contribution in [0.25, 0.3) is 33.5 Å². The third-order valence-corrected chi connectivity index (χ3v) is 10.0. The van der Waals surface area contributed by atoms with E-state index in [4.69, 9.17) is 0 Å². The van der Waals surface area contributed by atoms with Gasteiger partial charge < -0.3 is 20.1 Å². The van der Waals surface area contributed by atoms with Gasteiger partial charge in [0.15, 0.2) is 5.65 Å². The number of aromatic nitrogens is 5. The summed E-state index contributed by atoms with van der Waals surface area (Å²) in [6.07, 6.45) is 6.63. The highest BCUT2D eigenvalue weighted by molar-refractivity contribution is 5.79. The van der Waals surface area contributed by atoms with E-state index in [2.05, 4.69) is 20.6 Å². The minimum absolute atomic E-state index is 0.00207. The summed E-state index contributed by atoms with van der Waals surface area (Å²) in [6.45, 7) is 2.34. The maximum atomic E-state index is 14.6. The van der Waals surface area contributed by atoms with Gasteiger partial charge in [-0.05, 0) is 84.8 Å². The number of phenols is 1. The first-order chi connectivity index (χ1) is 25.2. The first-order valence-electron chi connectivity index (χ1n) is 17.3. The molecule has 4 aromatic heterocycles. The van der Waals surface area contributed by atoms with Crippen molar-refractivity contribution in [2.24, 2.45) is 0 Å². The number of fused-ring (bicyclic) bond motifs is 2. The Hall–Kier alpha value is -5.73. The van der Waals surface area contributed by atoms with Crippen molar-refractivity contribution < 1.29 is 18.7 Å². The molecule has 0 radical (unpaired) electrons. The van der Waals surface area contributed by atoms with Crippen molar-refractivity contribution in [2.45, 2.75) is 50.9 Å². The summed E-state index contributed by atoms with van der Waals surface area (Å²) in [4.78, 5) is 51.1. The zero-order valence-electron chi connectivity index (χ0n) is 28.1. The first kappa shape index (κ1) is 33.4. The van der Waals surface area contributed by atoms with Crippen LogP contribution in [0.1, 0.15) is 43.0 Å². The van der Waals surface area contributed by atoms with E-state index in [-0.39, 0.29) is 41.1 Å². The van der Waals surface area contributed by atoms with Crippen molar-refractivity contribution in [3.63, 3.8) is 0 Å². The Bertz CT molecular complexity index is 2450. The van der Waals surface area contributed by atoms with Crippen LogP contribution >= 0.6 is 0 Å². The average molecular weight is 707 g/mol. The molecule has 12 nitrogen and oxygen atoms in total. The summed E-state index contributed by atoms with van der Waals surface area (Å²) in [5, 5.41) is 16.7. The first-order valence-corrected chi connectivity index (χ1v) is 17.3. The lowest BCUT2D eigenvalue weighted by Gasteiger charge is -2.30. The van der Waals surface area contributed by atoms with Gasteiger partial charge in [-0.25, -0.2) is 28.1 Å². The number of nitrogens with one attached hydrogen (secondary N) is 2. The molecule has 1 aliphatic heterocycles. The van der Waals surface area contributed by atoms with Gasteiger partial charge in [-0.15, -0.1) is 0 Å². The fraction of sp³-hybridized carbons (Fsp3) is 0.289. The van der Waals surface area contributed by atoms with E-state index in [1.54, 1.807) is 47.0 Å². The minimum atomic E-state index is -0.683. The number of hydrogen-bond acceptors (Lipinski definition) is 8. The summed E-state index contributed by atoms with van der Waals surface area (Å²) in [6, 6.07) is 16.1. The van der Waals surface area contributed by atoms with Crippen molar-refractivity contribution in [1.82, 2.24) is 39.0 Å². The minimum Gasteiger partial charge on any atom is -0.508 e.